The lowest BCUT2D eigenvalue weighted by Crippen LogP contribution is -2.46. The summed E-state index contributed by atoms with van der Waals surface area (Å²) in [5.74, 6) is 1.19. The molecule has 0 aliphatic carbocycles. The fourth-order valence-corrected chi connectivity index (χ4v) is 2.88. The molecule has 0 amide bonds. The van der Waals surface area contributed by atoms with Gasteiger partial charge in [-0.1, -0.05) is 58.0 Å². The van der Waals surface area contributed by atoms with Crippen molar-refractivity contribution in [1.82, 2.24) is 5.32 Å². The Kier molecular flexibility index (Phi) is 5.62. The molecule has 0 aromatic heterocycles. The SMILES string of the molecule is CC(C)[C@@H]1CC(NCc2ccccc2)C[C@H](C(C)C)O1. The van der Waals surface area contributed by atoms with Gasteiger partial charge in [-0.15, -0.1) is 0 Å². The highest BCUT2D eigenvalue weighted by molar-refractivity contribution is 5.14. The van der Waals surface area contributed by atoms with E-state index in [1.807, 2.05) is 0 Å². The normalized spacial score (nSPS) is 27.2. The maximum atomic E-state index is 6.25. The van der Waals surface area contributed by atoms with Gasteiger partial charge in [-0.2, -0.15) is 0 Å². The number of benzene rings is 1. The first-order valence-electron chi connectivity index (χ1n) is 7.99. The molecule has 1 heterocycles. The van der Waals surface area contributed by atoms with Gasteiger partial charge in [0.15, 0.2) is 0 Å². The average molecular weight is 275 g/mol. The Labute approximate surface area is 123 Å². The third-order valence-corrected chi connectivity index (χ3v) is 4.31. The lowest BCUT2D eigenvalue weighted by molar-refractivity contribution is -0.0995. The fourth-order valence-electron chi connectivity index (χ4n) is 2.88. The Hall–Kier alpha value is -0.860. The largest absolute Gasteiger partial charge is 0.374 e. The summed E-state index contributed by atoms with van der Waals surface area (Å²) < 4.78 is 6.25. The van der Waals surface area contributed by atoms with Gasteiger partial charge in [0.2, 0.25) is 0 Å². The molecule has 112 valence electrons. The third-order valence-electron chi connectivity index (χ3n) is 4.31. The van der Waals surface area contributed by atoms with E-state index in [2.05, 4.69) is 63.3 Å². The summed E-state index contributed by atoms with van der Waals surface area (Å²) >= 11 is 0. The van der Waals surface area contributed by atoms with Crippen LogP contribution >= 0.6 is 0 Å². The van der Waals surface area contributed by atoms with E-state index in [9.17, 15) is 0 Å². The van der Waals surface area contributed by atoms with Crippen molar-refractivity contribution in [2.75, 3.05) is 0 Å². The van der Waals surface area contributed by atoms with Crippen molar-refractivity contribution in [2.24, 2.45) is 11.8 Å². The van der Waals surface area contributed by atoms with Crippen molar-refractivity contribution in [3.8, 4) is 0 Å². The second kappa shape index (κ2) is 7.24. The molecule has 1 aliphatic rings. The van der Waals surface area contributed by atoms with Crippen LogP contribution in [-0.2, 0) is 11.3 Å². The van der Waals surface area contributed by atoms with Crippen LogP contribution < -0.4 is 5.32 Å². The first-order valence-corrected chi connectivity index (χ1v) is 7.99. The number of hydrogen-bond acceptors (Lipinski definition) is 2. The van der Waals surface area contributed by atoms with Gasteiger partial charge in [-0.05, 0) is 30.2 Å². The molecule has 2 nitrogen and oxygen atoms in total. The quantitative estimate of drug-likeness (QED) is 0.877. The molecule has 0 saturated carbocycles. The minimum Gasteiger partial charge on any atom is -0.374 e. The molecular formula is C18H29NO. The van der Waals surface area contributed by atoms with E-state index >= 15 is 0 Å². The van der Waals surface area contributed by atoms with Crippen molar-refractivity contribution >= 4 is 0 Å². The van der Waals surface area contributed by atoms with Crippen LogP contribution in [-0.4, -0.2) is 18.2 Å². The van der Waals surface area contributed by atoms with Crippen molar-refractivity contribution in [1.29, 1.82) is 0 Å². The monoisotopic (exact) mass is 275 g/mol. The van der Waals surface area contributed by atoms with E-state index in [4.69, 9.17) is 4.74 Å². The number of rotatable bonds is 5. The first kappa shape index (κ1) is 15.5. The summed E-state index contributed by atoms with van der Waals surface area (Å²) in [6.07, 6.45) is 3.05. The van der Waals surface area contributed by atoms with Gasteiger partial charge in [-0.3, -0.25) is 0 Å². The summed E-state index contributed by atoms with van der Waals surface area (Å²) in [6, 6.07) is 11.2. The van der Waals surface area contributed by atoms with E-state index in [0.29, 0.717) is 30.1 Å². The van der Waals surface area contributed by atoms with Crippen molar-refractivity contribution in [3.05, 3.63) is 35.9 Å². The van der Waals surface area contributed by atoms with Crippen LogP contribution in [0.4, 0.5) is 0 Å². The summed E-state index contributed by atoms with van der Waals surface area (Å²) in [6.45, 7) is 10.0. The molecule has 1 unspecified atom stereocenters. The van der Waals surface area contributed by atoms with Crippen LogP contribution in [0.15, 0.2) is 30.3 Å². The Morgan fingerprint density at radius 3 is 2.05 bits per heavy atom. The molecule has 2 heteroatoms. The Morgan fingerprint density at radius 2 is 1.55 bits per heavy atom. The van der Waals surface area contributed by atoms with Gasteiger partial charge in [0.05, 0.1) is 12.2 Å². The van der Waals surface area contributed by atoms with Crippen molar-refractivity contribution in [2.45, 2.75) is 65.3 Å². The molecule has 0 spiro atoms. The van der Waals surface area contributed by atoms with E-state index in [-0.39, 0.29) is 0 Å². The van der Waals surface area contributed by atoms with E-state index in [1.54, 1.807) is 0 Å². The van der Waals surface area contributed by atoms with Gasteiger partial charge in [0.25, 0.3) is 0 Å². The molecule has 0 radical (unpaired) electrons. The molecule has 1 saturated heterocycles. The second-order valence-corrected chi connectivity index (χ2v) is 6.74. The molecular weight excluding hydrogens is 246 g/mol. The van der Waals surface area contributed by atoms with Crippen molar-refractivity contribution in [3.63, 3.8) is 0 Å². The third kappa shape index (κ3) is 4.32. The Morgan fingerprint density at radius 1 is 1.00 bits per heavy atom. The predicted molar refractivity (Wildman–Crippen MR) is 84.6 cm³/mol. The van der Waals surface area contributed by atoms with Crippen LogP contribution in [0.2, 0.25) is 0 Å². The van der Waals surface area contributed by atoms with Gasteiger partial charge in [0, 0.05) is 12.6 Å². The van der Waals surface area contributed by atoms with Gasteiger partial charge >= 0.3 is 0 Å². The molecule has 1 aromatic rings. The smallest absolute Gasteiger partial charge is 0.0616 e. The molecule has 20 heavy (non-hydrogen) atoms. The highest BCUT2D eigenvalue weighted by Crippen LogP contribution is 2.28. The highest BCUT2D eigenvalue weighted by atomic mass is 16.5. The van der Waals surface area contributed by atoms with Crippen LogP contribution in [0.25, 0.3) is 0 Å². The maximum absolute atomic E-state index is 6.25. The summed E-state index contributed by atoms with van der Waals surface area (Å²) in [7, 11) is 0. The molecule has 0 bridgehead atoms. The standard InChI is InChI=1S/C18H29NO/c1-13(2)17-10-16(11-18(20-17)14(3)4)19-12-15-8-6-5-7-9-15/h5-9,13-14,16-19H,10-12H2,1-4H3/t16?,17-,18+. The molecule has 1 aliphatic heterocycles. The topological polar surface area (TPSA) is 21.3 Å². The minimum absolute atomic E-state index is 0.393. The van der Waals surface area contributed by atoms with Crippen LogP contribution in [0.5, 0.6) is 0 Å². The van der Waals surface area contributed by atoms with E-state index in [0.717, 1.165) is 19.4 Å². The number of nitrogens with one attached hydrogen (secondary N) is 1. The van der Waals surface area contributed by atoms with Gasteiger partial charge in [-0.25, -0.2) is 0 Å². The van der Waals surface area contributed by atoms with Crippen LogP contribution in [0.1, 0.15) is 46.1 Å². The zero-order valence-corrected chi connectivity index (χ0v) is 13.3. The molecule has 1 N–H and O–H groups in total. The first-order chi connectivity index (χ1) is 9.56. The molecule has 2 rings (SSSR count). The lowest BCUT2D eigenvalue weighted by atomic mass is 9.88. The zero-order valence-electron chi connectivity index (χ0n) is 13.3. The molecule has 1 aromatic carbocycles. The highest BCUT2D eigenvalue weighted by Gasteiger charge is 2.32. The van der Waals surface area contributed by atoms with E-state index < -0.39 is 0 Å². The van der Waals surface area contributed by atoms with E-state index in [1.165, 1.54) is 5.56 Å². The number of hydrogen-bond donors (Lipinski definition) is 1. The second-order valence-electron chi connectivity index (χ2n) is 6.74. The maximum Gasteiger partial charge on any atom is 0.0616 e. The summed E-state index contributed by atoms with van der Waals surface area (Å²) in [4.78, 5) is 0. The van der Waals surface area contributed by atoms with Gasteiger partial charge < -0.3 is 10.1 Å². The van der Waals surface area contributed by atoms with Crippen molar-refractivity contribution < 1.29 is 4.74 Å². The predicted octanol–water partition coefficient (Wildman–Crippen LogP) is 4.00. The fraction of sp³-hybridized carbons (Fsp3) is 0.667. The summed E-state index contributed by atoms with van der Waals surface area (Å²) in [5.41, 5.74) is 1.36. The van der Waals surface area contributed by atoms with Gasteiger partial charge in [0.1, 0.15) is 0 Å². The molecule has 1 fully saturated rings. The van der Waals surface area contributed by atoms with Crippen LogP contribution in [0, 0.1) is 11.8 Å². The Bertz CT molecular complexity index is 372. The lowest BCUT2D eigenvalue weighted by Gasteiger charge is -2.39. The Balaban J connectivity index is 1.92. The van der Waals surface area contributed by atoms with Crippen LogP contribution in [0.3, 0.4) is 0 Å². The zero-order chi connectivity index (χ0) is 14.5. The minimum atomic E-state index is 0.393. The molecule has 3 atom stereocenters. The summed E-state index contributed by atoms with van der Waals surface area (Å²) in [5, 5.41) is 3.73. The average Bonchev–Trinajstić information content (AvgIpc) is 2.45. The number of ether oxygens (including phenoxy) is 1.